The molecule has 0 unspecified atom stereocenters. The Morgan fingerprint density at radius 1 is 0.864 bits per heavy atom. The van der Waals surface area contributed by atoms with Crippen LogP contribution in [-0.2, 0) is 19.2 Å². The maximum atomic E-state index is 3.26. The molecule has 124 valence electrons. The first-order valence-electron chi connectivity index (χ1n) is 7.40. The van der Waals surface area contributed by atoms with Crippen molar-refractivity contribution in [1.29, 1.82) is 0 Å². The summed E-state index contributed by atoms with van der Waals surface area (Å²) in [6.45, 7) is 13.3. The molecule has 0 amide bonds. The van der Waals surface area contributed by atoms with Gasteiger partial charge < -0.3 is 0 Å². The Morgan fingerprint density at radius 3 is 1.23 bits per heavy atom. The van der Waals surface area contributed by atoms with Gasteiger partial charge in [-0.1, -0.05) is 39.5 Å². The first-order valence-corrected chi connectivity index (χ1v) is 12.2. The van der Waals surface area contributed by atoms with Gasteiger partial charge in [0.2, 0.25) is 0 Å². The van der Waals surface area contributed by atoms with Crippen LogP contribution in [0.3, 0.4) is 0 Å². The van der Waals surface area contributed by atoms with E-state index in [1.54, 1.807) is 0 Å². The van der Waals surface area contributed by atoms with E-state index in [-0.39, 0.29) is 40.1 Å². The van der Waals surface area contributed by atoms with Crippen LogP contribution in [0.25, 0.3) is 0 Å². The van der Waals surface area contributed by atoms with Crippen molar-refractivity contribution in [3.8, 4) is 0 Å². The molecule has 2 rings (SSSR count). The van der Waals surface area contributed by atoms with Crippen molar-refractivity contribution in [1.82, 2.24) is 0 Å². The SMILES string of the molecule is Br.Br.CC(C)C1=[C-]CC=C1.CC(C)C1=[C-]CC=C1.C[Si](C)=[Ti+2]. The second-order valence-electron chi connectivity index (χ2n) is 5.79. The van der Waals surface area contributed by atoms with Gasteiger partial charge in [-0.2, -0.15) is 12.2 Å². The molecule has 0 nitrogen and oxygen atoms in total. The van der Waals surface area contributed by atoms with Gasteiger partial charge in [0.25, 0.3) is 0 Å². The fourth-order valence-corrected chi connectivity index (χ4v) is 1.64. The van der Waals surface area contributed by atoms with Crippen molar-refractivity contribution in [3.63, 3.8) is 0 Å². The van der Waals surface area contributed by atoms with Crippen molar-refractivity contribution < 1.29 is 19.2 Å². The Hall–Kier alpha value is 0.851. The summed E-state index contributed by atoms with van der Waals surface area (Å²) in [4.78, 5) is 0. The van der Waals surface area contributed by atoms with Crippen LogP contribution in [0.15, 0.2) is 35.5 Å². The molecule has 22 heavy (non-hydrogen) atoms. The summed E-state index contributed by atoms with van der Waals surface area (Å²) >= 11 is 2.27. The molecule has 4 heteroatoms. The topological polar surface area (TPSA) is 0 Å². The molecule has 0 aromatic heterocycles. The summed E-state index contributed by atoms with van der Waals surface area (Å²) < 4.78 is 0. The first kappa shape index (κ1) is 27.7. The Kier molecular flexibility index (Phi) is 21.0. The van der Waals surface area contributed by atoms with Gasteiger partial charge in [-0.05, 0) is 0 Å². The van der Waals surface area contributed by atoms with Gasteiger partial charge in [0.1, 0.15) is 0 Å². The molecule has 0 aliphatic heterocycles. The zero-order chi connectivity index (χ0) is 15.5. The van der Waals surface area contributed by atoms with Crippen molar-refractivity contribution in [2.24, 2.45) is 11.8 Å². The summed E-state index contributed by atoms with van der Waals surface area (Å²) in [5.74, 6) is 1.32. The van der Waals surface area contributed by atoms with Gasteiger partial charge in [-0.3, -0.25) is 12.2 Å². The summed E-state index contributed by atoms with van der Waals surface area (Å²) in [5, 5.41) is 0. The minimum atomic E-state index is 0. The monoisotopic (exact) mass is 480 g/mol. The van der Waals surface area contributed by atoms with Crippen LogP contribution in [0.1, 0.15) is 40.5 Å². The van der Waals surface area contributed by atoms with Crippen LogP contribution in [0, 0.1) is 24.0 Å². The molecule has 0 bridgehead atoms. The molecule has 0 aromatic carbocycles. The second kappa shape index (κ2) is 16.7. The molecule has 0 saturated heterocycles. The minimum absolute atomic E-state index is 0. The Bertz CT molecular complexity index is 381. The van der Waals surface area contributed by atoms with Crippen molar-refractivity contribution in [2.45, 2.75) is 53.6 Å². The molecule has 0 radical (unpaired) electrons. The molecular weight excluding hydrogens is 452 g/mol. The molecule has 0 saturated carbocycles. The van der Waals surface area contributed by atoms with E-state index >= 15 is 0 Å². The number of halogens is 2. The van der Waals surface area contributed by atoms with E-state index in [1.807, 2.05) is 0 Å². The average molecular weight is 482 g/mol. The van der Waals surface area contributed by atoms with Gasteiger partial charge in [0.05, 0.1) is 0 Å². The third-order valence-electron chi connectivity index (χ3n) is 2.69. The standard InChI is InChI=1S/2C8H11.C2H6Si.2BrH.Ti/c2*1-7(2)8-5-3-4-6-8;1-3-2;;;/h2*3,5,7H,4H2,1-2H3;1-2H3;2*1H;/q2*-1;;;;+2. The Labute approximate surface area is 171 Å². The van der Waals surface area contributed by atoms with Crippen LogP contribution >= 0.6 is 34.0 Å². The zero-order valence-electron chi connectivity index (χ0n) is 14.7. The van der Waals surface area contributed by atoms with Crippen molar-refractivity contribution >= 4 is 40.1 Å². The molecule has 0 atom stereocenters. The number of hydrogen-bond donors (Lipinski definition) is 0. The molecule has 0 heterocycles. The Morgan fingerprint density at radius 2 is 1.14 bits per heavy atom. The van der Waals surface area contributed by atoms with E-state index in [0.717, 1.165) is 12.8 Å². The van der Waals surface area contributed by atoms with Gasteiger partial charge in [0.15, 0.2) is 0 Å². The average Bonchev–Trinajstić information content (AvgIpc) is 3.03. The van der Waals surface area contributed by atoms with Crippen molar-refractivity contribution in [2.75, 3.05) is 0 Å². The van der Waals surface area contributed by atoms with E-state index < -0.39 is 0 Å². The van der Waals surface area contributed by atoms with E-state index in [1.165, 1.54) is 11.1 Å². The predicted molar refractivity (Wildman–Crippen MR) is 109 cm³/mol. The van der Waals surface area contributed by atoms with Gasteiger partial charge in [-0.25, -0.2) is 23.3 Å². The first-order chi connectivity index (χ1) is 9.34. The zero-order valence-corrected chi connectivity index (χ0v) is 20.7. The van der Waals surface area contributed by atoms with Gasteiger partial charge in [-0.15, -0.1) is 46.8 Å². The molecule has 0 aromatic rings. The molecular formula is C18H30Br2SiTi. The third-order valence-corrected chi connectivity index (χ3v) is 2.69. The quantitative estimate of drug-likeness (QED) is 0.307. The summed E-state index contributed by atoms with van der Waals surface area (Å²) in [6, 6.07) is 0. The van der Waals surface area contributed by atoms with Crippen LogP contribution < -0.4 is 0 Å². The fraction of sp³-hybridized carbons (Fsp3) is 0.556. The number of allylic oxidation sites excluding steroid dienone is 8. The maximum absolute atomic E-state index is 3.26. The molecule has 2 aliphatic carbocycles. The molecule has 0 spiro atoms. The molecule has 0 N–H and O–H groups in total. The number of rotatable bonds is 2. The third kappa shape index (κ3) is 15.7. The van der Waals surface area contributed by atoms with Crippen LogP contribution in [0.2, 0.25) is 13.1 Å². The Balaban J connectivity index is -0.000000249. The molecule has 2 aliphatic rings. The predicted octanol–water partition coefficient (Wildman–Crippen LogP) is 6.60. The van der Waals surface area contributed by atoms with E-state index in [4.69, 9.17) is 0 Å². The van der Waals surface area contributed by atoms with Gasteiger partial charge in [0, 0.05) is 0 Å². The normalized spacial score (nSPS) is 14.1. The summed E-state index contributed by atoms with van der Waals surface area (Å²) in [7, 11) is 0. The summed E-state index contributed by atoms with van der Waals surface area (Å²) in [6.07, 6.45) is 17.3. The number of hydrogen-bond acceptors (Lipinski definition) is 0. The van der Waals surface area contributed by atoms with Gasteiger partial charge >= 0.3 is 38.5 Å². The van der Waals surface area contributed by atoms with E-state index in [2.05, 4.69) is 96.4 Å². The molecule has 0 fully saturated rings. The van der Waals surface area contributed by atoms with E-state index in [9.17, 15) is 0 Å². The summed E-state index contributed by atoms with van der Waals surface area (Å²) in [5.41, 5.74) is 2.73. The van der Waals surface area contributed by atoms with Crippen LogP contribution in [0.5, 0.6) is 0 Å². The van der Waals surface area contributed by atoms with Crippen LogP contribution in [-0.4, -0.2) is 6.19 Å². The van der Waals surface area contributed by atoms with E-state index in [0.29, 0.717) is 11.8 Å². The fourth-order valence-electron chi connectivity index (χ4n) is 1.64. The van der Waals surface area contributed by atoms with Crippen molar-refractivity contribution in [3.05, 3.63) is 47.6 Å². The second-order valence-corrected chi connectivity index (χ2v) is 12.5. The van der Waals surface area contributed by atoms with Crippen LogP contribution in [0.4, 0.5) is 0 Å².